The van der Waals surface area contributed by atoms with Gasteiger partial charge in [-0.25, -0.2) is 14.4 Å². The molecule has 1 saturated heterocycles. The van der Waals surface area contributed by atoms with Gasteiger partial charge in [-0.05, 0) is 50.1 Å². The Bertz CT molecular complexity index is 1340. The highest BCUT2D eigenvalue weighted by atomic mass is 16.4. The van der Waals surface area contributed by atoms with E-state index < -0.39 is 60.3 Å². The number of carboxylic acids is 1. The molecule has 0 aromatic heterocycles. The van der Waals surface area contributed by atoms with Gasteiger partial charge in [0, 0.05) is 25.0 Å². The van der Waals surface area contributed by atoms with Crippen molar-refractivity contribution in [2.45, 2.75) is 45.3 Å². The number of carbonyl (C=O) groups is 6. The molecule has 2 aromatic carbocycles. The van der Waals surface area contributed by atoms with Crippen LogP contribution >= 0.6 is 0 Å². The van der Waals surface area contributed by atoms with Crippen molar-refractivity contribution < 1.29 is 33.9 Å². The van der Waals surface area contributed by atoms with Crippen LogP contribution in [0, 0.1) is 6.92 Å². The number of likely N-dealkylation sites (N-methyl/N-ethyl adjacent to an activating group) is 1. The van der Waals surface area contributed by atoms with E-state index in [1.54, 1.807) is 44.2 Å². The van der Waals surface area contributed by atoms with Crippen LogP contribution in [0.1, 0.15) is 31.4 Å². The van der Waals surface area contributed by atoms with Crippen molar-refractivity contribution >= 4 is 47.1 Å². The van der Waals surface area contributed by atoms with E-state index in [0.29, 0.717) is 16.9 Å². The van der Waals surface area contributed by atoms with Crippen LogP contribution in [0.4, 0.5) is 21.0 Å². The smallest absolute Gasteiger partial charge is 0.328 e. The van der Waals surface area contributed by atoms with Gasteiger partial charge in [-0.15, -0.1) is 0 Å². The standard InChI is InChI=1S/C27H32N6O7/c1-16-7-5-6-8-19(16)30-25(39)29-18-11-9-17(10-12-18)14-33-26(40)32(24(38)27(33,2)3)15-22(35)31(4)20(23(36)37)13-21(28)34/h5-12,20H,13-15H2,1-4H3,(H2,28,34)(H,36,37)(H2,29,30,39)/t20-/m0/s1. The van der Waals surface area contributed by atoms with Crippen LogP contribution in [0.25, 0.3) is 0 Å². The van der Waals surface area contributed by atoms with Gasteiger partial charge in [0.05, 0.1) is 6.42 Å². The highest BCUT2D eigenvalue weighted by Crippen LogP contribution is 2.30. The number of nitrogens with one attached hydrogen (secondary N) is 2. The Morgan fingerprint density at radius 1 is 1.02 bits per heavy atom. The third-order valence-electron chi connectivity index (χ3n) is 6.68. The number of amides is 7. The number of hydrogen-bond acceptors (Lipinski definition) is 6. The minimum Gasteiger partial charge on any atom is -0.480 e. The van der Waals surface area contributed by atoms with Crippen molar-refractivity contribution in [1.82, 2.24) is 14.7 Å². The van der Waals surface area contributed by atoms with Gasteiger partial charge >= 0.3 is 18.0 Å². The predicted molar refractivity (Wildman–Crippen MR) is 145 cm³/mol. The van der Waals surface area contributed by atoms with Gasteiger partial charge in [-0.1, -0.05) is 30.3 Å². The lowest BCUT2D eigenvalue weighted by Gasteiger charge is -2.27. The van der Waals surface area contributed by atoms with Crippen LogP contribution in [0.3, 0.4) is 0 Å². The average Bonchev–Trinajstić information content (AvgIpc) is 3.04. The summed E-state index contributed by atoms with van der Waals surface area (Å²) in [6, 6.07) is 11.4. The molecular formula is C27H32N6O7. The Morgan fingerprint density at radius 2 is 1.65 bits per heavy atom. The second kappa shape index (κ2) is 11.8. The van der Waals surface area contributed by atoms with Gasteiger partial charge in [-0.2, -0.15) is 0 Å². The maximum Gasteiger partial charge on any atom is 0.328 e. The van der Waals surface area contributed by atoms with Crippen molar-refractivity contribution in [2.24, 2.45) is 5.73 Å². The van der Waals surface area contributed by atoms with Crippen molar-refractivity contribution in [3.8, 4) is 0 Å². The van der Waals surface area contributed by atoms with Crippen LogP contribution in [0.2, 0.25) is 0 Å². The molecule has 1 aliphatic heterocycles. The number of anilines is 2. The Kier molecular flexibility index (Phi) is 8.77. The zero-order valence-electron chi connectivity index (χ0n) is 22.6. The molecular weight excluding hydrogens is 520 g/mol. The van der Waals surface area contributed by atoms with E-state index in [1.807, 2.05) is 25.1 Å². The molecule has 3 rings (SSSR count). The Balaban J connectivity index is 1.66. The fraction of sp³-hybridized carbons (Fsp3) is 0.333. The summed E-state index contributed by atoms with van der Waals surface area (Å²) >= 11 is 0. The van der Waals surface area contributed by atoms with E-state index >= 15 is 0 Å². The fourth-order valence-corrected chi connectivity index (χ4v) is 4.20. The van der Waals surface area contributed by atoms with Gasteiger partial charge in [-0.3, -0.25) is 19.3 Å². The predicted octanol–water partition coefficient (Wildman–Crippen LogP) is 1.97. The Hall–Kier alpha value is -4.94. The first-order valence-corrected chi connectivity index (χ1v) is 12.3. The first-order valence-electron chi connectivity index (χ1n) is 12.3. The molecule has 0 bridgehead atoms. The minimum absolute atomic E-state index is 0.0349. The topological polar surface area (TPSA) is 182 Å². The van der Waals surface area contributed by atoms with E-state index in [4.69, 9.17) is 5.73 Å². The first-order chi connectivity index (χ1) is 18.7. The van der Waals surface area contributed by atoms with Gasteiger partial charge in [0.25, 0.3) is 5.91 Å². The molecule has 1 heterocycles. The number of rotatable bonds is 10. The lowest BCUT2D eigenvalue weighted by molar-refractivity contribution is -0.151. The Labute approximate surface area is 230 Å². The number of nitrogens with zero attached hydrogens (tertiary/aromatic N) is 3. The average molecular weight is 553 g/mol. The van der Waals surface area contributed by atoms with Crippen molar-refractivity contribution in [1.29, 1.82) is 0 Å². The number of primary amides is 1. The summed E-state index contributed by atoms with van der Waals surface area (Å²) < 4.78 is 0. The second-order valence-electron chi connectivity index (χ2n) is 9.94. The molecule has 13 heteroatoms. The third kappa shape index (κ3) is 6.54. The van der Waals surface area contributed by atoms with Gasteiger partial charge in [0.1, 0.15) is 18.1 Å². The summed E-state index contributed by atoms with van der Waals surface area (Å²) in [4.78, 5) is 77.0. The Morgan fingerprint density at radius 3 is 2.23 bits per heavy atom. The molecule has 40 heavy (non-hydrogen) atoms. The highest BCUT2D eigenvalue weighted by molar-refractivity contribution is 6.08. The monoisotopic (exact) mass is 552 g/mol. The summed E-state index contributed by atoms with van der Waals surface area (Å²) in [5, 5.41) is 14.9. The number of carboxylic acid groups (broad SMARTS) is 1. The molecule has 0 saturated carbocycles. The van der Waals surface area contributed by atoms with Gasteiger partial charge < -0.3 is 31.3 Å². The normalized spacial score (nSPS) is 15.0. The molecule has 212 valence electrons. The molecule has 2 aromatic rings. The maximum atomic E-state index is 13.2. The van der Waals surface area contributed by atoms with E-state index in [-0.39, 0.29) is 6.54 Å². The van der Waals surface area contributed by atoms with Gasteiger partial charge in [0.15, 0.2) is 0 Å². The zero-order valence-corrected chi connectivity index (χ0v) is 22.6. The van der Waals surface area contributed by atoms with E-state index in [1.165, 1.54) is 4.90 Å². The number of benzene rings is 2. The van der Waals surface area contributed by atoms with Crippen molar-refractivity contribution in [2.75, 3.05) is 24.2 Å². The van der Waals surface area contributed by atoms with E-state index in [2.05, 4.69) is 10.6 Å². The molecule has 0 aliphatic carbocycles. The molecule has 1 atom stereocenters. The maximum absolute atomic E-state index is 13.2. The number of aryl methyl sites for hydroxylation is 1. The number of aliphatic carboxylic acids is 1. The van der Waals surface area contributed by atoms with Crippen LogP contribution in [0.5, 0.6) is 0 Å². The van der Waals surface area contributed by atoms with Crippen LogP contribution in [-0.2, 0) is 25.7 Å². The quantitative estimate of drug-likeness (QED) is 0.325. The number of imide groups is 1. The number of urea groups is 2. The molecule has 13 nitrogen and oxygen atoms in total. The second-order valence-corrected chi connectivity index (χ2v) is 9.94. The van der Waals surface area contributed by atoms with E-state index in [0.717, 1.165) is 22.4 Å². The highest BCUT2D eigenvalue weighted by Gasteiger charge is 2.51. The van der Waals surface area contributed by atoms with Crippen LogP contribution in [-0.4, -0.2) is 80.7 Å². The lowest BCUT2D eigenvalue weighted by atomic mass is 10.0. The number of para-hydroxylation sites is 1. The molecule has 1 aliphatic rings. The van der Waals surface area contributed by atoms with Crippen LogP contribution < -0.4 is 16.4 Å². The number of nitrogens with two attached hydrogens (primary N) is 1. The summed E-state index contributed by atoms with van der Waals surface area (Å²) in [6.07, 6.45) is -0.616. The van der Waals surface area contributed by atoms with Gasteiger partial charge in [0.2, 0.25) is 11.8 Å². The lowest BCUT2D eigenvalue weighted by Crippen LogP contribution is -2.49. The van der Waals surface area contributed by atoms with Crippen LogP contribution in [0.15, 0.2) is 48.5 Å². The third-order valence-corrected chi connectivity index (χ3v) is 6.68. The van der Waals surface area contributed by atoms with Crippen molar-refractivity contribution in [3.05, 3.63) is 59.7 Å². The number of hydrogen-bond donors (Lipinski definition) is 4. The fourth-order valence-electron chi connectivity index (χ4n) is 4.20. The SMILES string of the molecule is Cc1ccccc1NC(=O)Nc1ccc(CN2C(=O)N(CC(=O)N(C)[C@@H](CC(N)=O)C(=O)O)C(=O)C2(C)C)cc1. The summed E-state index contributed by atoms with van der Waals surface area (Å²) in [6.45, 7) is 4.30. The number of carbonyl (C=O) groups excluding carboxylic acids is 5. The summed E-state index contributed by atoms with van der Waals surface area (Å²) in [5.41, 5.74) is 6.56. The first kappa shape index (κ1) is 29.6. The zero-order chi connectivity index (χ0) is 29.8. The molecule has 7 amide bonds. The van der Waals surface area contributed by atoms with E-state index in [9.17, 15) is 33.9 Å². The summed E-state index contributed by atoms with van der Waals surface area (Å²) in [5.74, 6) is -3.83. The van der Waals surface area contributed by atoms with Crippen molar-refractivity contribution in [3.63, 3.8) is 0 Å². The molecule has 0 radical (unpaired) electrons. The molecule has 0 unspecified atom stereocenters. The molecule has 0 spiro atoms. The minimum atomic E-state index is -1.53. The largest absolute Gasteiger partial charge is 0.480 e. The molecule has 1 fully saturated rings. The summed E-state index contributed by atoms with van der Waals surface area (Å²) in [7, 11) is 1.16. The molecule has 5 N–H and O–H groups in total.